The predicted octanol–water partition coefficient (Wildman–Crippen LogP) is 4.14. The van der Waals surface area contributed by atoms with Crippen LogP contribution in [0.2, 0.25) is 0 Å². The highest BCUT2D eigenvalue weighted by Gasteiger charge is 2.29. The number of nitrogens with zero attached hydrogens (tertiary/aromatic N) is 4. The SMILES string of the molecule is COC(=O)c1cc(NC(=O)c2cnc(N3CCC(C(=O)OC(C)(C)C)CC3)cn2)ncc1-c1ccccc1. The first kappa shape index (κ1) is 26.7. The number of amides is 1. The molecule has 1 saturated heterocycles. The number of aromatic nitrogens is 3. The van der Waals surface area contributed by atoms with E-state index in [1.807, 2.05) is 56.0 Å². The Hall–Kier alpha value is -4.34. The third-order valence-electron chi connectivity index (χ3n) is 6.07. The quantitative estimate of drug-likeness (QED) is 0.481. The van der Waals surface area contributed by atoms with E-state index in [1.165, 1.54) is 31.8 Å². The van der Waals surface area contributed by atoms with Gasteiger partial charge in [0, 0.05) is 24.8 Å². The standard InChI is InChI=1S/C28H31N5O5/c1-28(2,3)38-26(35)19-10-12-33(13-11-19)24-17-29-22(16-31-24)25(34)32-23-14-20(27(36)37-4)21(15-30-23)18-8-6-5-7-9-18/h5-9,14-17,19H,10-13H2,1-4H3,(H,30,32,34). The molecule has 10 heteroatoms. The van der Waals surface area contributed by atoms with E-state index in [1.54, 1.807) is 0 Å². The molecule has 0 unspecified atom stereocenters. The van der Waals surface area contributed by atoms with Gasteiger partial charge >= 0.3 is 11.9 Å². The molecule has 10 nitrogen and oxygen atoms in total. The summed E-state index contributed by atoms with van der Waals surface area (Å²) in [6.07, 6.45) is 5.77. The van der Waals surface area contributed by atoms with E-state index >= 15 is 0 Å². The van der Waals surface area contributed by atoms with Crippen LogP contribution in [0, 0.1) is 5.92 Å². The number of ether oxygens (including phenoxy) is 2. The number of esters is 2. The van der Waals surface area contributed by atoms with Crippen molar-refractivity contribution in [2.24, 2.45) is 5.92 Å². The van der Waals surface area contributed by atoms with Gasteiger partial charge in [0.25, 0.3) is 5.91 Å². The highest BCUT2D eigenvalue weighted by Crippen LogP contribution is 2.26. The fourth-order valence-electron chi connectivity index (χ4n) is 4.16. The molecule has 0 bridgehead atoms. The average Bonchev–Trinajstić information content (AvgIpc) is 2.92. The fourth-order valence-corrected chi connectivity index (χ4v) is 4.16. The molecule has 2 aromatic heterocycles. The summed E-state index contributed by atoms with van der Waals surface area (Å²) >= 11 is 0. The third-order valence-corrected chi connectivity index (χ3v) is 6.07. The first-order valence-electron chi connectivity index (χ1n) is 12.4. The van der Waals surface area contributed by atoms with Crippen LogP contribution in [0.15, 0.2) is 55.0 Å². The summed E-state index contributed by atoms with van der Waals surface area (Å²) in [5, 5.41) is 2.67. The van der Waals surface area contributed by atoms with Crippen molar-refractivity contribution < 1.29 is 23.9 Å². The second-order valence-corrected chi connectivity index (χ2v) is 9.98. The van der Waals surface area contributed by atoms with Crippen molar-refractivity contribution in [1.29, 1.82) is 0 Å². The number of piperidine rings is 1. The van der Waals surface area contributed by atoms with Crippen molar-refractivity contribution in [3.63, 3.8) is 0 Å². The lowest BCUT2D eigenvalue weighted by Gasteiger charge is -2.32. The molecule has 1 aromatic carbocycles. The van der Waals surface area contributed by atoms with Crippen molar-refractivity contribution >= 4 is 29.5 Å². The van der Waals surface area contributed by atoms with E-state index in [2.05, 4.69) is 20.3 Å². The number of carbonyl (C=O) groups excluding carboxylic acids is 3. The van der Waals surface area contributed by atoms with E-state index in [4.69, 9.17) is 9.47 Å². The minimum atomic E-state index is -0.540. The maximum Gasteiger partial charge on any atom is 0.338 e. The van der Waals surface area contributed by atoms with E-state index in [9.17, 15) is 14.4 Å². The van der Waals surface area contributed by atoms with Crippen LogP contribution in [-0.4, -0.2) is 58.6 Å². The highest BCUT2D eigenvalue weighted by atomic mass is 16.6. The molecule has 0 saturated carbocycles. The Balaban J connectivity index is 1.40. The predicted molar refractivity (Wildman–Crippen MR) is 142 cm³/mol. The minimum Gasteiger partial charge on any atom is -0.465 e. The van der Waals surface area contributed by atoms with Gasteiger partial charge in [-0.15, -0.1) is 0 Å². The lowest BCUT2D eigenvalue weighted by Crippen LogP contribution is -2.39. The summed E-state index contributed by atoms with van der Waals surface area (Å²) in [4.78, 5) is 52.6. The van der Waals surface area contributed by atoms with Gasteiger partial charge < -0.3 is 19.7 Å². The Kier molecular flexibility index (Phi) is 7.99. The Bertz CT molecular complexity index is 1300. The van der Waals surface area contributed by atoms with Crippen LogP contribution in [0.1, 0.15) is 54.5 Å². The number of benzene rings is 1. The largest absolute Gasteiger partial charge is 0.465 e. The molecule has 198 valence electrons. The third kappa shape index (κ3) is 6.50. The van der Waals surface area contributed by atoms with Crippen molar-refractivity contribution in [3.8, 4) is 11.1 Å². The Morgan fingerprint density at radius 1 is 0.974 bits per heavy atom. The van der Waals surface area contributed by atoms with Gasteiger partial charge in [-0.2, -0.15) is 0 Å². The normalized spacial score (nSPS) is 14.1. The molecule has 0 spiro atoms. The molecule has 1 aliphatic rings. The first-order valence-corrected chi connectivity index (χ1v) is 12.4. The summed E-state index contributed by atoms with van der Waals surface area (Å²) in [6.45, 7) is 6.86. The highest BCUT2D eigenvalue weighted by molar-refractivity contribution is 6.04. The Labute approximate surface area is 221 Å². The number of anilines is 2. The molecule has 0 aliphatic carbocycles. The number of methoxy groups -OCH3 is 1. The summed E-state index contributed by atoms with van der Waals surface area (Å²) < 4.78 is 10.4. The molecule has 1 aliphatic heterocycles. The van der Waals surface area contributed by atoms with Crippen LogP contribution in [0.25, 0.3) is 11.1 Å². The van der Waals surface area contributed by atoms with Gasteiger partial charge in [0.05, 0.1) is 31.0 Å². The van der Waals surface area contributed by atoms with Crippen molar-refractivity contribution in [3.05, 3.63) is 66.2 Å². The van der Waals surface area contributed by atoms with Gasteiger partial charge in [0.1, 0.15) is 22.9 Å². The first-order chi connectivity index (χ1) is 18.1. The van der Waals surface area contributed by atoms with Gasteiger partial charge in [0.2, 0.25) is 0 Å². The lowest BCUT2D eigenvalue weighted by atomic mass is 9.96. The molecular weight excluding hydrogens is 486 g/mol. The topological polar surface area (TPSA) is 124 Å². The van der Waals surface area contributed by atoms with E-state index in [-0.39, 0.29) is 29.0 Å². The second kappa shape index (κ2) is 11.4. The molecule has 4 rings (SSSR count). The monoisotopic (exact) mass is 517 g/mol. The van der Waals surface area contributed by atoms with Crippen LogP contribution < -0.4 is 10.2 Å². The summed E-state index contributed by atoms with van der Waals surface area (Å²) in [5.41, 5.74) is 1.27. The van der Waals surface area contributed by atoms with E-state index in [0.717, 1.165) is 5.56 Å². The Morgan fingerprint density at radius 2 is 1.68 bits per heavy atom. The zero-order valence-electron chi connectivity index (χ0n) is 21.9. The van der Waals surface area contributed by atoms with E-state index < -0.39 is 17.5 Å². The van der Waals surface area contributed by atoms with Gasteiger partial charge in [-0.25, -0.2) is 19.7 Å². The zero-order chi connectivity index (χ0) is 27.3. The number of rotatable bonds is 6. The van der Waals surface area contributed by atoms with Gasteiger partial charge in [-0.1, -0.05) is 30.3 Å². The van der Waals surface area contributed by atoms with Gasteiger partial charge in [0.15, 0.2) is 0 Å². The molecule has 1 N–H and O–H groups in total. The minimum absolute atomic E-state index is 0.103. The van der Waals surface area contributed by atoms with Crippen LogP contribution in [-0.2, 0) is 14.3 Å². The summed E-state index contributed by atoms with van der Waals surface area (Å²) in [7, 11) is 1.30. The van der Waals surface area contributed by atoms with Crippen LogP contribution in [0.4, 0.5) is 11.6 Å². The van der Waals surface area contributed by atoms with Crippen molar-refractivity contribution in [2.45, 2.75) is 39.2 Å². The average molecular weight is 518 g/mol. The number of carbonyl (C=O) groups is 3. The van der Waals surface area contributed by atoms with Crippen molar-refractivity contribution in [1.82, 2.24) is 15.0 Å². The summed E-state index contributed by atoms with van der Waals surface area (Å²) in [6, 6.07) is 10.8. The van der Waals surface area contributed by atoms with Gasteiger partial charge in [-0.05, 0) is 45.2 Å². The number of hydrogen-bond donors (Lipinski definition) is 1. The maximum atomic E-state index is 12.8. The zero-order valence-corrected chi connectivity index (χ0v) is 21.9. The van der Waals surface area contributed by atoms with Crippen LogP contribution in [0.3, 0.4) is 0 Å². The van der Waals surface area contributed by atoms with Crippen LogP contribution >= 0.6 is 0 Å². The lowest BCUT2D eigenvalue weighted by molar-refractivity contribution is -0.160. The van der Waals surface area contributed by atoms with Gasteiger partial charge in [-0.3, -0.25) is 9.59 Å². The maximum absolute atomic E-state index is 12.8. The number of nitrogens with one attached hydrogen (secondary N) is 1. The molecule has 3 heterocycles. The molecule has 38 heavy (non-hydrogen) atoms. The molecular formula is C28H31N5O5. The van der Waals surface area contributed by atoms with Crippen molar-refractivity contribution in [2.75, 3.05) is 30.4 Å². The molecule has 3 aromatic rings. The van der Waals surface area contributed by atoms with E-state index in [0.29, 0.717) is 37.3 Å². The Morgan fingerprint density at radius 3 is 2.29 bits per heavy atom. The molecule has 0 atom stereocenters. The summed E-state index contributed by atoms with van der Waals surface area (Å²) in [5.74, 6) is -0.548. The molecule has 1 amide bonds. The second-order valence-electron chi connectivity index (χ2n) is 9.98. The number of hydrogen-bond acceptors (Lipinski definition) is 9. The smallest absolute Gasteiger partial charge is 0.338 e. The van der Waals surface area contributed by atoms with Crippen LogP contribution in [0.5, 0.6) is 0 Å². The fraction of sp³-hybridized carbons (Fsp3) is 0.357. The molecule has 1 fully saturated rings. The molecule has 0 radical (unpaired) electrons. The number of pyridine rings is 1.